The molecule has 98 valence electrons. The van der Waals surface area contributed by atoms with Gasteiger partial charge in [-0.2, -0.15) is 0 Å². The Morgan fingerprint density at radius 1 is 1.00 bits per heavy atom. The molecule has 1 N–H and O–H groups in total. The first kappa shape index (κ1) is 13.4. The summed E-state index contributed by atoms with van der Waals surface area (Å²) in [7, 11) is 0. The molecule has 0 aliphatic rings. The number of nitrogens with zero attached hydrogens (tertiary/aromatic N) is 1. The minimum atomic E-state index is 0.372. The minimum Gasteiger partial charge on any atom is -0.507 e. The third-order valence-corrected chi connectivity index (χ3v) is 3.15. The zero-order chi connectivity index (χ0) is 13.7. The summed E-state index contributed by atoms with van der Waals surface area (Å²) in [6, 6.07) is 11.9. The molecule has 0 aromatic heterocycles. The maximum Gasteiger partial charge on any atom is 0.127 e. The summed E-state index contributed by atoms with van der Waals surface area (Å²) >= 11 is 0. The van der Waals surface area contributed by atoms with Crippen LogP contribution in [0.5, 0.6) is 5.75 Å². The Morgan fingerprint density at radius 3 is 2.37 bits per heavy atom. The summed E-state index contributed by atoms with van der Waals surface area (Å²) in [5, 5.41) is 12.3. The molecule has 0 unspecified atom stereocenters. The van der Waals surface area contributed by atoms with Crippen LogP contribution in [-0.4, -0.2) is 23.1 Å². The van der Waals surface area contributed by atoms with Crippen molar-refractivity contribution in [3.63, 3.8) is 0 Å². The topological polar surface area (TPSA) is 23.5 Å². The second kappa shape index (κ2) is 6.21. The molecular formula is C17H19NO. The molecular weight excluding hydrogens is 234 g/mol. The second-order valence-electron chi connectivity index (χ2n) is 4.57. The number of hydrogen-bond acceptors (Lipinski definition) is 2. The van der Waals surface area contributed by atoms with Gasteiger partial charge in [0.25, 0.3) is 0 Å². The molecule has 0 amide bonds. The van der Waals surface area contributed by atoms with E-state index in [4.69, 9.17) is 0 Å². The molecule has 0 fully saturated rings. The molecule has 2 rings (SSSR count). The predicted molar refractivity (Wildman–Crippen MR) is 81.3 cm³/mol. The Balaban J connectivity index is 2.31. The van der Waals surface area contributed by atoms with Crippen LogP contribution in [0.4, 0.5) is 0 Å². The van der Waals surface area contributed by atoms with E-state index in [1.807, 2.05) is 48.6 Å². The molecule has 0 atom stereocenters. The highest BCUT2D eigenvalue weighted by Crippen LogP contribution is 2.29. The molecule has 0 saturated carbocycles. The second-order valence-corrected chi connectivity index (χ2v) is 4.57. The fourth-order valence-corrected chi connectivity index (χ4v) is 2.24. The fraction of sp³-hybridized carbons (Fsp3) is 0.176. The van der Waals surface area contributed by atoms with E-state index in [0.29, 0.717) is 12.3 Å². The highest BCUT2D eigenvalue weighted by atomic mass is 16.3. The highest BCUT2D eigenvalue weighted by Gasteiger charge is 2.09. The van der Waals surface area contributed by atoms with Crippen LogP contribution in [0, 0.1) is 0 Å². The first-order chi connectivity index (χ1) is 9.26. The van der Waals surface area contributed by atoms with Crippen LogP contribution in [0.25, 0.3) is 10.8 Å². The van der Waals surface area contributed by atoms with Crippen LogP contribution in [0.3, 0.4) is 0 Å². The number of aromatic hydroxyl groups is 1. The van der Waals surface area contributed by atoms with Gasteiger partial charge in [-0.15, -0.1) is 13.2 Å². The van der Waals surface area contributed by atoms with Gasteiger partial charge in [0.15, 0.2) is 0 Å². The SMILES string of the molecule is C=CCN(CC=C)Cc1ccc2ccccc2c1O. The average Bonchev–Trinajstić information content (AvgIpc) is 2.43. The molecule has 2 aromatic rings. The number of hydrogen-bond donors (Lipinski definition) is 1. The summed E-state index contributed by atoms with van der Waals surface area (Å²) in [6.07, 6.45) is 3.73. The third kappa shape index (κ3) is 3.04. The summed E-state index contributed by atoms with van der Waals surface area (Å²) in [6.45, 7) is 9.76. The van der Waals surface area contributed by atoms with Gasteiger partial charge >= 0.3 is 0 Å². The van der Waals surface area contributed by atoms with Gasteiger partial charge in [0.05, 0.1) is 0 Å². The van der Waals surface area contributed by atoms with Crippen LogP contribution in [-0.2, 0) is 6.54 Å². The molecule has 0 aliphatic heterocycles. The van der Waals surface area contributed by atoms with Gasteiger partial charge in [0.1, 0.15) is 5.75 Å². The van der Waals surface area contributed by atoms with E-state index >= 15 is 0 Å². The average molecular weight is 253 g/mol. The summed E-state index contributed by atoms with van der Waals surface area (Å²) in [4.78, 5) is 2.17. The molecule has 0 saturated heterocycles. The summed E-state index contributed by atoms with van der Waals surface area (Å²) < 4.78 is 0. The van der Waals surface area contributed by atoms with Crippen LogP contribution < -0.4 is 0 Å². The number of benzene rings is 2. The Morgan fingerprint density at radius 2 is 1.68 bits per heavy atom. The van der Waals surface area contributed by atoms with Crippen LogP contribution in [0.2, 0.25) is 0 Å². The van der Waals surface area contributed by atoms with Crippen molar-refractivity contribution >= 4 is 10.8 Å². The minimum absolute atomic E-state index is 0.372. The Labute approximate surface area is 114 Å². The molecule has 0 spiro atoms. The number of rotatable bonds is 6. The maximum absolute atomic E-state index is 10.4. The zero-order valence-corrected chi connectivity index (χ0v) is 11.0. The molecule has 0 bridgehead atoms. The van der Waals surface area contributed by atoms with Crippen molar-refractivity contribution in [2.75, 3.05) is 13.1 Å². The number of phenolic OH excluding ortho intramolecular Hbond substituents is 1. The Kier molecular flexibility index (Phi) is 4.37. The van der Waals surface area contributed by atoms with Gasteiger partial charge in [0.2, 0.25) is 0 Å². The van der Waals surface area contributed by atoms with Gasteiger partial charge in [-0.25, -0.2) is 0 Å². The molecule has 0 heterocycles. The first-order valence-corrected chi connectivity index (χ1v) is 6.40. The lowest BCUT2D eigenvalue weighted by Gasteiger charge is -2.19. The van der Waals surface area contributed by atoms with E-state index in [1.54, 1.807) is 0 Å². The smallest absolute Gasteiger partial charge is 0.127 e. The van der Waals surface area contributed by atoms with Crippen molar-refractivity contribution in [3.8, 4) is 5.75 Å². The van der Waals surface area contributed by atoms with Gasteiger partial charge in [-0.1, -0.05) is 48.6 Å². The lowest BCUT2D eigenvalue weighted by atomic mass is 10.0. The lowest BCUT2D eigenvalue weighted by molar-refractivity contribution is 0.321. The normalized spacial score (nSPS) is 10.8. The van der Waals surface area contributed by atoms with Crippen LogP contribution >= 0.6 is 0 Å². The largest absolute Gasteiger partial charge is 0.507 e. The highest BCUT2D eigenvalue weighted by molar-refractivity contribution is 5.89. The molecule has 2 aromatic carbocycles. The van der Waals surface area contributed by atoms with E-state index in [0.717, 1.165) is 29.4 Å². The quantitative estimate of drug-likeness (QED) is 0.793. The number of phenols is 1. The first-order valence-electron chi connectivity index (χ1n) is 6.40. The van der Waals surface area contributed by atoms with Gasteiger partial charge in [-0.3, -0.25) is 4.90 Å². The predicted octanol–water partition coefficient (Wildman–Crippen LogP) is 3.72. The van der Waals surface area contributed by atoms with Gasteiger partial charge in [-0.05, 0) is 5.39 Å². The summed E-state index contributed by atoms with van der Waals surface area (Å²) in [5.74, 6) is 0.372. The monoisotopic (exact) mass is 253 g/mol. The van der Waals surface area contributed by atoms with Crippen molar-refractivity contribution in [2.45, 2.75) is 6.54 Å². The zero-order valence-electron chi connectivity index (χ0n) is 11.0. The van der Waals surface area contributed by atoms with Crippen molar-refractivity contribution < 1.29 is 5.11 Å². The van der Waals surface area contributed by atoms with Gasteiger partial charge in [0, 0.05) is 30.6 Å². The van der Waals surface area contributed by atoms with Crippen molar-refractivity contribution in [1.82, 2.24) is 4.90 Å². The Bertz CT molecular complexity index is 579. The van der Waals surface area contributed by atoms with Crippen LogP contribution in [0.15, 0.2) is 61.7 Å². The van der Waals surface area contributed by atoms with Crippen molar-refractivity contribution in [3.05, 3.63) is 67.3 Å². The Hall–Kier alpha value is -2.06. The molecule has 19 heavy (non-hydrogen) atoms. The molecule has 2 heteroatoms. The number of fused-ring (bicyclic) bond motifs is 1. The van der Waals surface area contributed by atoms with E-state index < -0.39 is 0 Å². The van der Waals surface area contributed by atoms with Crippen LogP contribution in [0.1, 0.15) is 5.56 Å². The lowest BCUT2D eigenvalue weighted by Crippen LogP contribution is -2.23. The van der Waals surface area contributed by atoms with Gasteiger partial charge < -0.3 is 5.11 Å². The van der Waals surface area contributed by atoms with E-state index in [2.05, 4.69) is 18.1 Å². The maximum atomic E-state index is 10.4. The van der Waals surface area contributed by atoms with Crippen molar-refractivity contribution in [2.24, 2.45) is 0 Å². The van der Waals surface area contributed by atoms with E-state index in [1.165, 1.54) is 0 Å². The van der Waals surface area contributed by atoms with E-state index in [9.17, 15) is 5.11 Å². The standard InChI is InChI=1S/C17H19NO/c1-3-11-18(12-4-2)13-15-10-9-14-7-5-6-8-16(14)17(15)19/h3-10,19H,1-2,11-13H2. The van der Waals surface area contributed by atoms with Crippen molar-refractivity contribution in [1.29, 1.82) is 0 Å². The molecule has 2 nitrogen and oxygen atoms in total. The molecule has 0 radical (unpaired) electrons. The fourth-order valence-electron chi connectivity index (χ4n) is 2.24. The van der Waals surface area contributed by atoms with E-state index in [-0.39, 0.29) is 0 Å². The summed E-state index contributed by atoms with van der Waals surface area (Å²) in [5.41, 5.74) is 0.933. The third-order valence-electron chi connectivity index (χ3n) is 3.15. The molecule has 0 aliphatic carbocycles.